The number of pyridine rings is 2. The Hall–Kier alpha value is -3.20. The summed E-state index contributed by atoms with van der Waals surface area (Å²) in [5, 5.41) is 0. The number of aromatic nitrogens is 2. The number of aryl methyl sites for hydroxylation is 2. The lowest BCUT2D eigenvalue weighted by Gasteiger charge is -2.16. The van der Waals surface area contributed by atoms with Crippen LogP contribution >= 0.6 is 0 Å². The monoisotopic (exact) mass is 354 g/mol. The molecule has 2 heterocycles. The minimum atomic E-state index is 0.0418. The van der Waals surface area contributed by atoms with Crippen LogP contribution in [0, 0.1) is 6.92 Å². The van der Waals surface area contributed by atoms with Gasteiger partial charge >= 0.3 is 0 Å². The van der Waals surface area contributed by atoms with Crippen LogP contribution in [0.3, 0.4) is 0 Å². The van der Waals surface area contributed by atoms with Gasteiger partial charge in [0.1, 0.15) is 5.52 Å². The van der Waals surface area contributed by atoms with Crippen molar-refractivity contribution in [3.05, 3.63) is 100.0 Å². The quantitative estimate of drug-likeness (QED) is 0.518. The normalized spacial score (nSPS) is 11.0. The SMILES string of the molecule is CCc1cn(Cc2ccccc2-c2ccccc2)c2cc(C)cnc2c1=O. The maximum absolute atomic E-state index is 12.7. The van der Waals surface area contributed by atoms with E-state index < -0.39 is 0 Å². The van der Waals surface area contributed by atoms with Gasteiger partial charge in [0, 0.05) is 24.5 Å². The molecule has 0 bridgehead atoms. The van der Waals surface area contributed by atoms with Gasteiger partial charge in [0.2, 0.25) is 5.43 Å². The first-order chi connectivity index (χ1) is 13.2. The summed E-state index contributed by atoms with van der Waals surface area (Å²) >= 11 is 0. The zero-order valence-electron chi connectivity index (χ0n) is 15.6. The Morgan fingerprint density at radius 1 is 0.963 bits per heavy atom. The van der Waals surface area contributed by atoms with Crippen molar-refractivity contribution < 1.29 is 0 Å². The van der Waals surface area contributed by atoms with E-state index in [2.05, 4.69) is 58.1 Å². The van der Waals surface area contributed by atoms with Crippen molar-refractivity contribution in [2.24, 2.45) is 0 Å². The Kier molecular flexibility index (Phi) is 4.59. The largest absolute Gasteiger partial charge is 0.341 e. The summed E-state index contributed by atoms with van der Waals surface area (Å²) in [7, 11) is 0. The molecule has 0 aliphatic heterocycles. The van der Waals surface area contributed by atoms with E-state index in [1.54, 1.807) is 6.20 Å². The van der Waals surface area contributed by atoms with E-state index in [0.717, 1.165) is 16.6 Å². The molecular weight excluding hydrogens is 332 g/mol. The second kappa shape index (κ2) is 7.20. The van der Waals surface area contributed by atoms with Crippen LogP contribution in [0.5, 0.6) is 0 Å². The fourth-order valence-corrected chi connectivity index (χ4v) is 3.54. The fourth-order valence-electron chi connectivity index (χ4n) is 3.54. The lowest BCUT2D eigenvalue weighted by molar-refractivity contribution is 0.811. The van der Waals surface area contributed by atoms with Crippen LogP contribution in [0.4, 0.5) is 0 Å². The molecular formula is C24H22N2O. The highest BCUT2D eigenvalue weighted by Gasteiger charge is 2.12. The van der Waals surface area contributed by atoms with E-state index >= 15 is 0 Å². The smallest absolute Gasteiger partial charge is 0.210 e. The topological polar surface area (TPSA) is 34.9 Å². The minimum Gasteiger partial charge on any atom is -0.341 e. The van der Waals surface area contributed by atoms with Crippen LogP contribution in [-0.4, -0.2) is 9.55 Å². The number of hydrogen-bond acceptors (Lipinski definition) is 2. The van der Waals surface area contributed by atoms with Crippen molar-refractivity contribution in [2.75, 3.05) is 0 Å². The van der Waals surface area contributed by atoms with Gasteiger partial charge in [-0.15, -0.1) is 0 Å². The Morgan fingerprint density at radius 3 is 2.48 bits per heavy atom. The molecule has 4 aromatic rings. The van der Waals surface area contributed by atoms with E-state index in [9.17, 15) is 4.79 Å². The van der Waals surface area contributed by atoms with Crippen LogP contribution in [0.25, 0.3) is 22.2 Å². The van der Waals surface area contributed by atoms with E-state index in [0.29, 0.717) is 18.5 Å². The average molecular weight is 354 g/mol. The number of rotatable bonds is 4. The number of nitrogens with zero attached hydrogens (tertiary/aromatic N) is 2. The predicted octanol–water partition coefficient (Wildman–Crippen LogP) is 4.98. The van der Waals surface area contributed by atoms with Gasteiger partial charge in [-0.05, 0) is 41.7 Å². The molecule has 0 saturated carbocycles. The van der Waals surface area contributed by atoms with Crippen LogP contribution in [-0.2, 0) is 13.0 Å². The first-order valence-electron chi connectivity index (χ1n) is 9.29. The lowest BCUT2D eigenvalue weighted by atomic mass is 9.99. The van der Waals surface area contributed by atoms with Crippen molar-refractivity contribution in [3.8, 4) is 11.1 Å². The molecule has 4 rings (SSSR count). The summed E-state index contributed by atoms with van der Waals surface area (Å²) in [4.78, 5) is 17.1. The second-order valence-corrected chi connectivity index (χ2v) is 6.87. The maximum atomic E-state index is 12.7. The third-order valence-corrected chi connectivity index (χ3v) is 4.96. The lowest BCUT2D eigenvalue weighted by Crippen LogP contribution is -2.16. The van der Waals surface area contributed by atoms with Crippen molar-refractivity contribution in [3.63, 3.8) is 0 Å². The van der Waals surface area contributed by atoms with E-state index in [-0.39, 0.29) is 5.43 Å². The molecule has 2 aromatic heterocycles. The Morgan fingerprint density at radius 2 is 1.70 bits per heavy atom. The third-order valence-electron chi connectivity index (χ3n) is 4.96. The second-order valence-electron chi connectivity index (χ2n) is 6.87. The standard InChI is InChI=1S/C24H22N2O/c1-3-18-15-26(22-13-17(2)14-25-23(22)24(18)27)16-20-11-7-8-12-21(20)19-9-5-4-6-10-19/h4-15H,3,16H2,1-2H3. The molecule has 134 valence electrons. The minimum absolute atomic E-state index is 0.0418. The molecule has 27 heavy (non-hydrogen) atoms. The first-order valence-corrected chi connectivity index (χ1v) is 9.29. The Labute approximate surface area is 158 Å². The van der Waals surface area contributed by atoms with Crippen molar-refractivity contribution in [1.29, 1.82) is 0 Å². The maximum Gasteiger partial charge on any atom is 0.210 e. The van der Waals surface area contributed by atoms with Crippen LogP contribution in [0.1, 0.15) is 23.6 Å². The molecule has 0 N–H and O–H groups in total. The Balaban J connectivity index is 1.89. The zero-order valence-corrected chi connectivity index (χ0v) is 15.6. The summed E-state index contributed by atoms with van der Waals surface area (Å²) in [5.41, 5.74) is 6.97. The van der Waals surface area contributed by atoms with Gasteiger partial charge in [-0.2, -0.15) is 0 Å². The highest BCUT2D eigenvalue weighted by atomic mass is 16.1. The number of benzene rings is 2. The third kappa shape index (κ3) is 3.28. The molecule has 2 aromatic carbocycles. The van der Waals surface area contributed by atoms with Crippen molar-refractivity contribution in [2.45, 2.75) is 26.8 Å². The highest BCUT2D eigenvalue weighted by molar-refractivity contribution is 5.76. The highest BCUT2D eigenvalue weighted by Crippen LogP contribution is 2.25. The summed E-state index contributed by atoms with van der Waals surface area (Å²) in [5.74, 6) is 0. The molecule has 0 radical (unpaired) electrons. The van der Waals surface area contributed by atoms with E-state index in [1.165, 1.54) is 16.7 Å². The number of fused-ring (bicyclic) bond motifs is 1. The fraction of sp³-hybridized carbons (Fsp3) is 0.167. The Bertz CT molecular complexity index is 1160. The molecule has 0 aliphatic carbocycles. The van der Waals surface area contributed by atoms with Gasteiger partial charge in [-0.1, -0.05) is 61.5 Å². The average Bonchev–Trinajstić information content (AvgIpc) is 2.71. The van der Waals surface area contributed by atoms with Crippen molar-refractivity contribution >= 4 is 11.0 Å². The van der Waals surface area contributed by atoms with Crippen LogP contribution in [0.15, 0.2) is 77.9 Å². The molecule has 0 saturated heterocycles. The van der Waals surface area contributed by atoms with Crippen LogP contribution in [0.2, 0.25) is 0 Å². The van der Waals surface area contributed by atoms with Gasteiger partial charge < -0.3 is 4.57 Å². The molecule has 0 fully saturated rings. The summed E-state index contributed by atoms with van der Waals surface area (Å²) in [6, 6.07) is 20.9. The first kappa shape index (κ1) is 17.2. The zero-order chi connectivity index (χ0) is 18.8. The molecule has 0 amide bonds. The number of hydrogen-bond donors (Lipinski definition) is 0. The molecule has 0 unspecified atom stereocenters. The van der Waals surface area contributed by atoms with Gasteiger partial charge in [0.15, 0.2) is 0 Å². The summed E-state index contributed by atoms with van der Waals surface area (Å²) in [6.07, 6.45) is 4.46. The van der Waals surface area contributed by atoms with Gasteiger partial charge in [-0.3, -0.25) is 9.78 Å². The molecule has 3 heteroatoms. The molecule has 3 nitrogen and oxygen atoms in total. The summed E-state index contributed by atoms with van der Waals surface area (Å²) in [6.45, 7) is 4.71. The molecule has 0 aliphatic rings. The van der Waals surface area contributed by atoms with E-state index in [1.807, 2.05) is 32.2 Å². The van der Waals surface area contributed by atoms with Crippen molar-refractivity contribution in [1.82, 2.24) is 9.55 Å². The van der Waals surface area contributed by atoms with E-state index in [4.69, 9.17) is 0 Å². The summed E-state index contributed by atoms with van der Waals surface area (Å²) < 4.78 is 2.16. The molecule has 0 spiro atoms. The van der Waals surface area contributed by atoms with Gasteiger partial charge in [0.05, 0.1) is 5.52 Å². The predicted molar refractivity (Wildman–Crippen MR) is 111 cm³/mol. The molecule has 0 atom stereocenters. The van der Waals surface area contributed by atoms with Crippen LogP contribution < -0.4 is 5.43 Å². The van der Waals surface area contributed by atoms with Gasteiger partial charge in [-0.25, -0.2) is 0 Å². The van der Waals surface area contributed by atoms with Gasteiger partial charge in [0.25, 0.3) is 0 Å².